The zero-order valence-electron chi connectivity index (χ0n) is 18.6. The molecule has 0 heterocycles. The van der Waals surface area contributed by atoms with Crippen LogP contribution in [0.5, 0.6) is 5.75 Å². The molecule has 0 radical (unpaired) electrons. The fourth-order valence-corrected chi connectivity index (χ4v) is 3.83. The Morgan fingerprint density at radius 2 is 1.41 bits per heavy atom. The van der Waals surface area contributed by atoms with E-state index in [0.717, 1.165) is 31.4 Å². The van der Waals surface area contributed by atoms with Crippen molar-refractivity contribution in [3.63, 3.8) is 0 Å². The molecule has 0 bridgehead atoms. The number of rotatable bonds is 19. The highest BCUT2D eigenvalue weighted by Crippen LogP contribution is 2.23. The lowest BCUT2D eigenvalue weighted by Crippen LogP contribution is -1.94. The Kier molecular flexibility index (Phi) is 14.9. The summed E-state index contributed by atoms with van der Waals surface area (Å²) in [5.41, 5.74) is 2.59. The van der Waals surface area contributed by atoms with Gasteiger partial charge in [-0.25, -0.2) is 0 Å². The van der Waals surface area contributed by atoms with E-state index in [1.54, 1.807) is 7.11 Å². The minimum atomic E-state index is -0.664. The molecule has 0 saturated heterocycles. The third kappa shape index (κ3) is 13.1. The van der Waals surface area contributed by atoms with Crippen molar-refractivity contribution in [3.8, 4) is 5.75 Å². The Bertz CT molecular complexity index is 565. The first-order valence-electron chi connectivity index (χ1n) is 11.7. The molecule has 0 atom stereocenters. The number of ether oxygens (including phenoxy) is 1. The van der Waals surface area contributed by atoms with E-state index in [1.807, 2.05) is 6.08 Å². The van der Waals surface area contributed by atoms with Gasteiger partial charge >= 0.3 is 5.97 Å². The SMILES string of the molecule is C=CCc1ccc(CCCCCCCCCCCCCCCC(=O)O)c(OC)c1. The van der Waals surface area contributed by atoms with E-state index in [2.05, 4.69) is 24.8 Å². The van der Waals surface area contributed by atoms with Gasteiger partial charge in [0.25, 0.3) is 0 Å². The van der Waals surface area contributed by atoms with E-state index >= 15 is 0 Å². The molecule has 0 aliphatic heterocycles. The third-order valence-electron chi connectivity index (χ3n) is 5.57. The standard InChI is InChI=1S/C26H42O3/c1-3-17-23-20-21-24(25(22-23)29-2)18-15-13-11-9-7-5-4-6-8-10-12-14-16-19-26(27)28/h3,20-22H,1,4-19H2,2H3,(H,27,28). The molecule has 1 aromatic carbocycles. The van der Waals surface area contributed by atoms with Crippen LogP contribution >= 0.6 is 0 Å². The topological polar surface area (TPSA) is 46.5 Å². The van der Waals surface area contributed by atoms with Gasteiger partial charge in [0.1, 0.15) is 5.75 Å². The van der Waals surface area contributed by atoms with Crippen molar-refractivity contribution in [2.75, 3.05) is 7.11 Å². The van der Waals surface area contributed by atoms with Crippen LogP contribution < -0.4 is 4.74 Å². The van der Waals surface area contributed by atoms with Crippen LogP contribution in [0.2, 0.25) is 0 Å². The average molecular weight is 403 g/mol. The van der Waals surface area contributed by atoms with Crippen molar-refractivity contribution in [2.45, 2.75) is 103 Å². The van der Waals surface area contributed by atoms with Crippen molar-refractivity contribution in [3.05, 3.63) is 42.0 Å². The summed E-state index contributed by atoms with van der Waals surface area (Å²) >= 11 is 0. The van der Waals surface area contributed by atoms with E-state index in [9.17, 15) is 4.79 Å². The molecule has 1 rings (SSSR count). The summed E-state index contributed by atoms with van der Waals surface area (Å²) in [6.45, 7) is 3.80. The summed E-state index contributed by atoms with van der Waals surface area (Å²) in [6.07, 6.45) is 20.5. The summed E-state index contributed by atoms with van der Waals surface area (Å²) in [6, 6.07) is 6.55. The highest BCUT2D eigenvalue weighted by Gasteiger charge is 2.04. The lowest BCUT2D eigenvalue weighted by atomic mass is 10.0. The average Bonchev–Trinajstić information content (AvgIpc) is 2.71. The van der Waals surface area contributed by atoms with Gasteiger partial charge in [-0.05, 0) is 42.9 Å². The lowest BCUT2D eigenvalue weighted by Gasteiger charge is -2.10. The molecule has 1 N–H and O–H groups in total. The largest absolute Gasteiger partial charge is 0.496 e. The molecule has 0 unspecified atom stereocenters. The first-order chi connectivity index (χ1) is 14.2. The number of aryl methyl sites for hydroxylation is 1. The van der Waals surface area contributed by atoms with Gasteiger partial charge in [0.05, 0.1) is 7.11 Å². The van der Waals surface area contributed by atoms with Crippen LogP contribution in [-0.4, -0.2) is 18.2 Å². The third-order valence-corrected chi connectivity index (χ3v) is 5.57. The second-order valence-corrected chi connectivity index (χ2v) is 8.13. The van der Waals surface area contributed by atoms with E-state index in [0.29, 0.717) is 6.42 Å². The number of hydrogen-bond acceptors (Lipinski definition) is 2. The van der Waals surface area contributed by atoms with Crippen LogP contribution in [0.3, 0.4) is 0 Å². The van der Waals surface area contributed by atoms with E-state index in [1.165, 1.54) is 81.8 Å². The van der Waals surface area contributed by atoms with E-state index in [4.69, 9.17) is 9.84 Å². The Labute approximate surface area is 178 Å². The number of carbonyl (C=O) groups is 1. The van der Waals surface area contributed by atoms with Crippen molar-refractivity contribution in [1.29, 1.82) is 0 Å². The monoisotopic (exact) mass is 402 g/mol. The minimum absolute atomic E-state index is 0.329. The van der Waals surface area contributed by atoms with E-state index < -0.39 is 5.97 Å². The van der Waals surface area contributed by atoms with Crippen molar-refractivity contribution in [1.82, 2.24) is 0 Å². The number of benzene rings is 1. The number of methoxy groups -OCH3 is 1. The smallest absolute Gasteiger partial charge is 0.303 e. The molecule has 0 spiro atoms. The normalized spacial score (nSPS) is 10.8. The molecule has 1 aromatic rings. The Hall–Kier alpha value is -1.77. The molecule has 0 fully saturated rings. The predicted octanol–water partition coefficient (Wildman–Crippen LogP) is 7.51. The van der Waals surface area contributed by atoms with Crippen molar-refractivity contribution in [2.24, 2.45) is 0 Å². The number of unbranched alkanes of at least 4 members (excludes halogenated alkanes) is 12. The number of hydrogen-bond donors (Lipinski definition) is 1. The van der Waals surface area contributed by atoms with Gasteiger partial charge in [-0.3, -0.25) is 4.79 Å². The van der Waals surface area contributed by atoms with Gasteiger partial charge in [0, 0.05) is 6.42 Å². The second kappa shape index (κ2) is 17.1. The van der Waals surface area contributed by atoms with Crippen LogP contribution in [0.15, 0.2) is 30.9 Å². The quantitative estimate of drug-likeness (QED) is 0.192. The summed E-state index contributed by atoms with van der Waals surface area (Å²) < 4.78 is 5.55. The molecule has 0 aromatic heterocycles. The molecular weight excluding hydrogens is 360 g/mol. The van der Waals surface area contributed by atoms with Crippen molar-refractivity contribution < 1.29 is 14.6 Å². The number of aliphatic carboxylic acids is 1. The predicted molar refractivity (Wildman–Crippen MR) is 123 cm³/mol. The van der Waals surface area contributed by atoms with Gasteiger partial charge in [-0.1, -0.05) is 88.8 Å². The number of allylic oxidation sites excluding steroid dienone is 1. The minimum Gasteiger partial charge on any atom is -0.496 e. The molecule has 0 amide bonds. The van der Waals surface area contributed by atoms with Crippen molar-refractivity contribution >= 4 is 5.97 Å². The van der Waals surface area contributed by atoms with E-state index in [-0.39, 0.29) is 0 Å². The van der Waals surface area contributed by atoms with Crippen LogP contribution in [0.1, 0.15) is 101 Å². The van der Waals surface area contributed by atoms with Crippen LogP contribution in [-0.2, 0) is 17.6 Å². The Morgan fingerprint density at radius 1 is 0.897 bits per heavy atom. The van der Waals surface area contributed by atoms with Gasteiger partial charge in [0.2, 0.25) is 0 Å². The zero-order valence-corrected chi connectivity index (χ0v) is 18.6. The molecular formula is C26H42O3. The van der Waals surface area contributed by atoms with Crippen LogP contribution in [0.4, 0.5) is 0 Å². The number of carboxylic acid groups (broad SMARTS) is 1. The highest BCUT2D eigenvalue weighted by atomic mass is 16.5. The molecule has 0 aliphatic carbocycles. The Balaban J connectivity index is 1.94. The maximum Gasteiger partial charge on any atom is 0.303 e. The molecule has 3 nitrogen and oxygen atoms in total. The molecule has 164 valence electrons. The molecule has 0 saturated carbocycles. The zero-order chi connectivity index (χ0) is 21.2. The lowest BCUT2D eigenvalue weighted by molar-refractivity contribution is -0.137. The van der Waals surface area contributed by atoms with Gasteiger partial charge in [0.15, 0.2) is 0 Å². The summed E-state index contributed by atoms with van der Waals surface area (Å²) in [5, 5.41) is 8.60. The van der Waals surface area contributed by atoms with Gasteiger partial charge in [-0.15, -0.1) is 6.58 Å². The number of carboxylic acids is 1. The first kappa shape index (κ1) is 25.3. The van der Waals surface area contributed by atoms with Gasteiger partial charge < -0.3 is 9.84 Å². The van der Waals surface area contributed by atoms with Crippen LogP contribution in [0.25, 0.3) is 0 Å². The molecule has 3 heteroatoms. The summed E-state index contributed by atoms with van der Waals surface area (Å²) in [7, 11) is 1.76. The second-order valence-electron chi connectivity index (χ2n) is 8.13. The fourth-order valence-electron chi connectivity index (χ4n) is 3.83. The molecule has 0 aliphatic rings. The summed E-state index contributed by atoms with van der Waals surface area (Å²) in [4.78, 5) is 10.4. The fraction of sp³-hybridized carbons (Fsp3) is 0.654. The highest BCUT2D eigenvalue weighted by molar-refractivity contribution is 5.66. The Morgan fingerprint density at radius 3 is 1.90 bits per heavy atom. The van der Waals surface area contributed by atoms with Gasteiger partial charge in [-0.2, -0.15) is 0 Å². The summed E-state index contributed by atoms with van der Waals surface area (Å²) in [5.74, 6) is 0.355. The first-order valence-corrected chi connectivity index (χ1v) is 11.7. The van der Waals surface area contributed by atoms with Crippen LogP contribution in [0, 0.1) is 0 Å². The maximum absolute atomic E-state index is 10.4. The molecule has 29 heavy (non-hydrogen) atoms. The maximum atomic E-state index is 10.4.